The van der Waals surface area contributed by atoms with E-state index in [4.69, 9.17) is 0 Å². The topological polar surface area (TPSA) is 43.4 Å². The van der Waals surface area contributed by atoms with E-state index in [-0.39, 0.29) is 5.75 Å². The van der Waals surface area contributed by atoms with Crippen molar-refractivity contribution in [3.05, 3.63) is 24.3 Å². The average molecular weight is 302 g/mol. The summed E-state index contributed by atoms with van der Waals surface area (Å²) in [6.07, 6.45) is 5.49. The fraction of sp³-hybridized carbons (Fsp3) is 0.400. The number of alkyl halides is 3. The third-order valence-corrected chi connectivity index (χ3v) is 4.61. The van der Waals surface area contributed by atoms with Gasteiger partial charge in [0.1, 0.15) is 0 Å². The molecule has 18 heavy (non-hydrogen) atoms. The molecule has 0 unspecified atom stereocenters. The van der Waals surface area contributed by atoms with Crippen LogP contribution in [0.15, 0.2) is 29.2 Å². The third kappa shape index (κ3) is 3.32. The lowest BCUT2D eigenvalue weighted by molar-refractivity contribution is -0.0500. The van der Waals surface area contributed by atoms with Crippen LogP contribution in [0.2, 0.25) is 0 Å². The molecule has 0 aliphatic rings. The van der Waals surface area contributed by atoms with Gasteiger partial charge in [-0.05, 0) is 30.9 Å². The Hall–Kier alpha value is -0.890. The zero-order valence-electron chi connectivity index (χ0n) is 9.98. The van der Waals surface area contributed by atoms with Gasteiger partial charge in [0.05, 0.1) is 0 Å². The van der Waals surface area contributed by atoms with Crippen LogP contribution in [0.25, 0.3) is 0 Å². The highest BCUT2D eigenvalue weighted by Crippen LogP contribution is 2.50. The zero-order chi connectivity index (χ0) is 14.2. The lowest BCUT2D eigenvalue weighted by Crippen LogP contribution is -2.28. The largest absolute Gasteiger partial charge is 0.534 e. The molecule has 1 rings (SSSR count). The molecular formula is C10H13F3O3S2. The molecule has 0 fully saturated rings. The molecular weight excluding hydrogens is 289 g/mol. The molecule has 3 nitrogen and oxygen atoms in total. The molecule has 0 spiro atoms. The van der Waals surface area contributed by atoms with E-state index in [0.29, 0.717) is 4.90 Å². The summed E-state index contributed by atoms with van der Waals surface area (Å²) in [5.74, 6) is -0.266. The van der Waals surface area contributed by atoms with Gasteiger partial charge in [-0.2, -0.15) is 21.6 Å². The molecule has 0 saturated heterocycles. The molecule has 0 aliphatic heterocycles. The van der Waals surface area contributed by atoms with E-state index in [1.807, 2.05) is 18.8 Å². The first-order valence-corrected chi connectivity index (χ1v) is 9.00. The van der Waals surface area contributed by atoms with Crippen LogP contribution in [-0.4, -0.2) is 32.7 Å². The number of benzene rings is 1. The Balaban J connectivity index is 3.22. The Kier molecular flexibility index (Phi) is 3.92. The molecule has 8 heteroatoms. The minimum atomic E-state index is -5.62. The molecule has 0 heterocycles. The van der Waals surface area contributed by atoms with Crippen LogP contribution >= 0.6 is 10.0 Å². The molecule has 0 saturated carbocycles. The standard InChI is InChI=1S/C10H13F3O3S2/c1-17(2,3)9-7-5-4-6-8(9)16-18(14,15)10(11,12)13/h4-7H,1-3H3. The Morgan fingerprint density at radius 1 is 1.06 bits per heavy atom. The van der Waals surface area contributed by atoms with Gasteiger partial charge in [0.2, 0.25) is 0 Å². The van der Waals surface area contributed by atoms with Gasteiger partial charge in [-0.1, -0.05) is 12.1 Å². The highest BCUT2D eigenvalue weighted by atomic mass is 32.3. The summed E-state index contributed by atoms with van der Waals surface area (Å²) < 4.78 is 62.8. The van der Waals surface area contributed by atoms with Gasteiger partial charge in [0.25, 0.3) is 0 Å². The number of hydrogen-bond donors (Lipinski definition) is 0. The van der Waals surface area contributed by atoms with E-state index in [2.05, 4.69) is 4.18 Å². The quantitative estimate of drug-likeness (QED) is 0.637. The van der Waals surface area contributed by atoms with Crippen molar-refractivity contribution in [3.63, 3.8) is 0 Å². The van der Waals surface area contributed by atoms with E-state index in [1.54, 1.807) is 12.1 Å². The molecule has 1 aromatic carbocycles. The Labute approximate surface area is 105 Å². The van der Waals surface area contributed by atoms with Crippen molar-refractivity contribution in [1.82, 2.24) is 0 Å². The predicted octanol–water partition coefficient (Wildman–Crippen LogP) is 2.97. The molecule has 0 amide bonds. The van der Waals surface area contributed by atoms with E-state index >= 15 is 0 Å². The maximum Gasteiger partial charge on any atom is 0.534 e. The summed E-state index contributed by atoms with van der Waals surface area (Å²) in [6.45, 7) is 0. The second-order valence-electron chi connectivity index (χ2n) is 4.27. The van der Waals surface area contributed by atoms with Crippen molar-refractivity contribution in [2.75, 3.05) is 18.8 Å². The Bertz CT molecular complexity index is 530. The van der Waals surface area contributed by atoms with Gasteiger partial charge in [-0.25, -0.2) is 10.0 Å². The highest BCUT2D eigenvalue weighted by Gasteiger charge is 2.48. The van der Waals surface area contributed by atoms with Gasteiger partial charge in [0.15, 0.2) is 5.75 Å². The van der Waals surface area contributed by atoms with E-state index in [1.165, 1.54) is 12.1 Å². The van der Waals surface area contributed by atoms with Crippen molar-refractivity contribution < 1.29 is 25.8 Å². The fourth-order valence-electron chi connectivity index (χ4n) is 1.19. The number of para-hydroxylation sites is 1. The van der Waals surface area contributed by atoms with Crippen LogP contribution in [0.3, 0.4) is 0 Å². The maximum atomic E-state index is 12.2. The second kappa shape index (κ2) is 4.65. The Morgan fingerprint density at radius 3 is 2.00 bits per heavy atom. The van der Waals surface area contributed by atoms with Crippen molar-refractivity contribution in [2.45, 2.75) is 10.4 Å². The van der Waals surface area contributed by atoms with Crippen LogP contribution < -0.4 is 4.18 Å². The predicted molar refractivity (Wildman–Crippen MR) is 65.7 cm³/mol. The lowest BCUT2D eigenvalue weighted by Gasteiger charge is -2.27. The van der Waals surface area contributed by atoms with Crippen LogP contribution in [0.1, 0.15) is 0 Å². The summed E-state index contributed by atoms with van der Waals surface area (Å²) in [4.78, 5) is 0.470. The van der Waals surface area contributed by atoms with Crippen LogP contribution in [-0.2, 0) is 10.1 Å². The van der Waals surface area contributed by atoms with Crippen molar-refractivity contribution in [3.8, 4) is 5.75 Å². The molecule has 104 valence electrons. The molecule has 0 radical (unpaired) electrons. The highest BCUT2D eigenvalue weighted by molar-refractivity contribution is 8.32. The first-order valence-electron chi connectivity index (χ1n) is 4.73. The van der Waals surface area contributed by atoms with E-state index in [9.17, 15) is 21.6 Å². The first-order chi connectivity index (χ1) is 7.95. The van der Waals surface area contributed by atoms with Crippen LogP contribution in [0.4, 0.5) is 13.2 Å². The van der Waals surface area contributed by atoms with E-state index in [0.717, 1.165) is 0 Å². The summed E-state index contributed by atoms with van der Waals surface area (Å²) in [5, 5.41) is 0. The molecule has 0 aromatic heterocycles. The number of halogens is 3. The Morgan fingerprint density at radius 2 is 1.56 bits per heavy atom. The maximum absolute atomic E-state index is 12.2. The average Bonchev–Trinajstić information content (AvgIpc) is 2.14. The minimum Gasteiger partial charge on any atom is -0.375 e. The van der Waals surface area contributed by atoms with Gasteiger partial charge in [0, 0.05) is 4.90 Å². The van der Waals surface area contributed by atoms with Gasteiger partial charge < -0.3 is 4.18 Å². The summed E-state index contributed by atoms with van der Waals surface area (Å²) in [6, 6.07) is 5.84. The molecule has 0 atom stereocenters. The SMILES string of the molecule is CS(C)(C)c1ccccc1OS(=O)(=O)C(F)(F)F. The van der Waals surface area contributed by atoms with Gasteiger partial charge >= 0.3 is 15.6 Å². The lowest BCUT2D eigenvalue weighted by atomic mass is 10.3. The van der Waals surface area contributed by atoms with Crippen LogP contribution in [0.5, 0.6) is 5.75 Å². The van der Waals surface area contributed by atoms with Crippen LogP contribution in [0, 0.1) is 0 Å². The molecule has 0 bridgehead atoms. The summed E-state index contributed by atoms with van der Waals surface area (Å²) >= 11 is 0. The summed E-state index contributed by atoms with van der Waals surface area (Å²) in [7, 11) is -7.03. The van der Waals surface area contributed by atoms with E-state index < -0.39 is 25.7 Å². The summed E-state index contributed by atoms with van der Waals surface area (Å²) in [5.41, 5.74) is -5.42. The monoisotopic (exact) mass is 302 g/mol. The van der Waals surface area contributed by atoms with Crippen molar-refractivity contribution >= 4 is 20.1 Å². The number of rotatable bonds is 3. The number of hydrogen-bond acceptors (Lipinski definition) is 3. The fourth-order valence-corrected chi connectivity index (χ4v) is 2.92. The molecule has 0 aliphatic carbocycles. The zero-order valence-corrected chi connectivity index (χ0v) is 11.6. The normalized spacial score (nSPS) is 14.3. The molecule has 0 N–H and O–H groups in total. The molecule has 1 aromatic rings. The smallest absolute Gasteiger partial charge is 0.375 e. The minimum absolute atomic E-state index is 0.266. The van der Waals surface area contributed by atoms with Crippen molar-refractivity contribution in [1.29, 1.82) is 0 Å². The van der Waals surface area contributed by atoms with Gasteiger partial charge in [-0.3, -0.25) is 0 Å². The first kappa shape index (κ1) is 15.2. The third-order valence-electron chi connectivity index (χ3n) is 1.99. The van der Waals surface area contributed by atoms with Gasteiger partial charge in [-0.15, -0.1) is 0 Å². The second-order valence-corrected chi connectivity index (χ2v) is 9.92. The van der Waals surface area contributed by atoms with Crippen molar-refractivity contribution in [2.24, 2.45) is 0 Å².